The van der Waals surface area contributed by atoms with Crippen molar-refractivity contribution < 1.29 is 66.4 Å². The lowest BCUT2D eigenvalue weighted by molar-refractivity contribution is -0.382. The molecule has 1 aromatic rings. The minimum Gasteiger partial charge on any atom is -0.488 e. The van der Waals surface area contributed by atoms with Crippen LogP contribution in [0, 0.1) is 0 Å². The fraction of sp³-hybridized carbons (Fsp3) is 0.650. The molecule has 1 rings (SSSR count). The van der Waals surface area contributed by atoms with Gasteiger partial charge in [-0.1, -0.05) is 12.1 Å². The fourth-order valence-corrected chi connectivity index (χ4v) is 3.68. The molecule has 0 aliphatic heterocycles. The molecule has 0 radical (unpaired) electrons. The van der Waals surface area contributed by atoms with Crippen molar-refractivity contribution in [3.8, 4) is 5.75 Å². The van der Waals surface area contributed by atoms with Crippen LogP contribution < -0.4 is 4.74 Å². The van der Waals surface area contributed by atoms with Gasteiger partial charge in [0.15, 0.2) is 6.10 Å². The molecule has 0 aromatic heterocycles. The molecule has 1 aromatic carbocycles. The van der Waals surface area contributed by atoms with Gasteiger partial charge in [0.1, 0.15) is 11.4 Å². The van der Waals surface area contributed by atoms with Crippen LogP contribution in [0.4, 0.5) is 39.5 Å². The number of carbonyl (C=O) groups is 1. The van der Waals surface area contributed by atoms with Crippen LogP contribution in [-0.4, -0.2) is 56.5 Å². The second-order valence-electron chi connectivity index (χ2n) is 8.48. The van der Waals surface area contributed by atoms with Crippen LogP contribution in [0.5, 0.6) is 5.75 Å². The second kappa shape index (κ2) is 10.6. The third-order valence-corrected chi connectivity index (χ3v) is 5.79. The Balaban J connectivity index is 3.04. The highest BCUT2D eigenvalue weighted by atomic mass is 32.2. The zero-order valence-corrected chi connectivity index (χ0v) is 20.1. The van der Waals surface area contributed by atoms with Gasteiger partial charge in [0.25, 0.3) is 0 Å². The van der Waals surface area contributed by atoms with Crippen LogP contribution in [-0.2, 0) is 30.3 Å². The summed E-state index contributed by atoms with van der Waals surface area (Å²) in [7, 11) is -6.57. The summed E-state index contributed by atoms with van der Waals surface area (Å²) >= 11 is 0. The summed E-state index contributed by atoms with van der Waals surface area (Å²) < 4.78 is 154. The Morgan fingerprint density at radius 3 is 1.81 bits per heavy atom. The van der Waals surface area contributed by atoms with Crippen LogP contribution in [0.25, 0.3) is 0 Å². The first-order valence-electron chi connectivity index (χ1n) is 9.99. The van der Waals surface area contributed by atoms with E-state index in [4.69, 9.17) is 4.74 Å². The average molecular weight is 562 g/mol. The number of ether oxygens (including phenoxy) is 2. The fourth-order valence-electron chi connectivity index (χ4n) is 2.64. The first kappa shape index (κ1) is 31.8. The molecule has 16 heteroatoms. The highest BCUT2D eigenvalue weighted by Crippen LogP contribution is 2.55. The normalized spacial score (nSPS) is 14.9. The van der Waals surface area contributed by atoms with Crippen molar-refractivity contribution in [2.24, 2.45) is 0 Å². The van der Waals surface area contributed by atoms with Gasteiger partial charge in [-0.3, -0.25) is 4.18 Å². The summed E-state index contributed by atoms with van der Waals surface area (Å²) in [5.41, 5.74) is 0.0745. The molecule has 0 aliphatic carbocycles. The maximum absolute atomic E-state index is 13.9. The second-order valence-corrected chi connectivity index (χ2v) is 10.1. The zero-order valence-electron chi connectivity index (χ0n) is 19.3. The lowest BCUT2D eigenvalue weighted by Crippen LogP contribution is -2.63. The third-order valence-electron chi connectivity index (χ3n) is 4.42. The molecule has 36 heavy (non-hydrogen) atoms. The molecule has 0 amide bonds. The average Bonchev–Trinajstić information content (AvgIpc) is 2.71. The van der Waals surface area contributed by atoms with E-state index in [1.165, 1.54) is 0 Å². The number of aryl methyl sites for hydroxylation is 1. The van der Waals surface area contributed by atoms with E-state index >= 15 is 0 Å². The van der Waals surface area contributed by atoms with Crippen molar-refractivity contribution in [2.75, 3.05) is 7.11 Å². The molecule has 0 saturated heterocycles. The molecule has 0 spiro atoms. The topological polar surface area (TPSA) is 78.9 Å². The highest BCUT2D eigenvalue weighted by Gasteiger charge is 2.86. The number of benzene rings is 1. The van der Waals surface area contributed by atoms with Crippen molar-refractivity contribution in [1.29, 1.82) is 0 Å². The summed E-state index contributed by atoms with van der Waals surface area (Å²) in [5, 5.41) is -7.08. The summed E-state index contributed by atoms with van der Waals surface area (Å²) in [4.78, 5) is 11.8. The molecule has 0 bridgehead atoms. The van der Waals surface area contributed by atoms with Gasteiger partial charge < -0.3 is 9.47 Å². The Labute approximate surface area is 200 Å². The first-order chi connectivity index (χ1) is 16.0. The van der Waals surface area contributed by atoms with Crippen LogP contribution in [0.3, 0.4) is 0 Å². The molecule has 1 unspecified atom stereocenters. The molecular weight excluding hydrogens is 539 g/mol. The van der Waals surface area contributed by atoms with Gasteiger partial charge in [0.2, 0.25) is 0 Å². The van der Waals surface area contributed by atoms with Gasteiger partial charge >= 0.3 is 39.4 Å². The molecule has 6 nitrogen and oxygen atoms in total. The monoisotopic (exact) mass is 562 g/mol. The SMILES string of the molecule is COC(=O)C(CCCc1ccc(OC(C)(C)C)cc1)OS(=O)(=O)C(F)(F)C(F)(F)C(F)(F)C(F)(F)F. The van der Waals surface area contributed by atoms with Crippen molar-refractivity contribution in [1.82, 2.24) is 0 Å². The van der Waals surface area contributed by atoms with E-state index in [1.54, 1.807) is 45.0 Å². The number of hydrogen-bond donors (Lipinski definition) is 0. The lowest BCUT2D eigenvalue weighted by atomic mass is 10.1. The quantitative estimate of drug-likeness (QED) is 0.201. The predicted octanol–water partition coefficient (Wildman–Crippen LogP) is 5.50. The Bertz CT molecular complexity index is 1000. The van der Waals surface area contributed by atoms with Crippen molar-refractivity contribution in [3.63, 3.8) is 0 Å². The molecule has 0 fully saturated rings. The van der Waals surface area contributed by atoms with Gasteiger partial charge in [0.05, 0.1) is 7.11 Å². The number of hydrogen-bond acceptors (Lipinski definition) is 6. The maximum Gasteiger partial charge on any atom is 0.460 e. The Morgan fingerprint density at radius 1 is 0.889 bits per heavy atom. The van der Waals surface area contributed by atoms with Gasteiger partial charge in [-0.25, -0.2) is 4.79 Å². The molecule has 0 saturated carbocycles. The van der Waals surface area contributed by atoms with E-state index in [0.717, 1.165) is 0 Å². The zero-order chi connectivity index (χ0) is 28.4. The van der Waals surface area contributed by atoms with Crippen LogP contribution >= 0.6 is 0 Å². The molecule has 208 valence electrons. The van der Waals surface area contributed by atoms with E-state index in [0.29, 0.717) is 18.4 Å². The Morgan fingerprint density at radius 2 is 1.39 bits per heavy atom. The van der Waals surface area contributed by atoms with Crippen LogP contribution in [0.1, 0.15) is 39.2 Å². The number of alkyl halides is 9. The van der Waals surface area contributed by atoms with Gasteiger partial charge in [-0.2, -0.15) is 47.9 Å². The number of carbonyl (C=O) groups excluding carboxylic acids is 1. The van der Waals surface area contributed by atoms with Gasteiger partial charge in [-0.15, -0.1) is 0 Å². The smallest absolute Gasteiger partial charge is 0.460 e. The maximum atomic E-state index is 13.9. The summed E-state index contributed by atoms with van der Waals surface area (Å²) in [5.74, 6) is -16.1. The molecular formula is C20H23F9O6S. The lowest BCUT2D eigenvalue weighted by Gasteiger charge is -2.33. The summed E-state index contributed by atoms with van der Waals surface area (Å²) in [6.45, 7) is 5.39. The largest absolute Gasteiger partial charge is 0.488 e. The first-order valence-corrected chi connectivity index (χ1v) is 11.4. The number of rotatable bonds is 11. The summed E-state index contributed by atoms with van der Waals surface area (Å²) in [6.07, 6.45) is -10.7. The van der Waals surface area contributed by atoms with Crippen molar-refractivity contribution >= 4 is 16.1 Å². The number of esters is 1. The van der Waals surface area contributed by atoms with Crippen LogP contribution in [0.2, 0.25) is 0 Å². The van der Waals surface area contributed by atoms with E-state index in [2.05, 4.69) is 8.92 Å². The van der Waals surface area contributed by atoms with Gasteiger partial charge in [0, 0.05) is 0 Å². The Kier molecular flexibility index (Phi) is 9.39. The van der Waals surface area contributed by atoms with E-state index < -0.39 is 57.5 Å². The summed E-state index contributed by atoms with van der Waals surface area (Å²) in [6, 6.07) is 6.28. The van der Waals surface area contributed by atoms with Gasteiger partial charge in [-0.05, 0) is 57.7 Å². The minimum atomic E-state index is -7.48. The molecule has 0 heterocycles. The standard InChI is InChI=1S/C20H23F9O6S/c1-16(2,3)34-13-10-8-12(9-11-13)6-5-7-14(15(30)33-4)35-36(31,32)20(28,29)18(23,24)17(21,22)19(25,26)27/h8-11,14H,5-7H2,1-4H3. The van der Waals surface area contributed by atoms with Crippen LogP contribution in [0.15, 0.2) is 24.3 Å². The third kappa shape index (κ3) is 6.95. The highest BCUT2D eigenvalue weighted by molar-refractivity contribution is 7.87. The Hall–Kier alpha value is -2.23. The van der Waals surface area contributed by atoms with E-state index in [1.807, 2.05) is 0 Å². The van der Waals surface area contributed by atoms with Crippen molar-refractivity contribution in [2.45, 2.75) is 75.0 Å². The minimum absolute atomic E-state index is 0.0609. The molecule has 0 N–H and O–H groups in total. The number of halogens is 9. The van der Waals surface area contributed by atoms with E-state index in [-0.39, 0.29) is 12.8 Å². The molecule has 1 atom stereocenters. The molecule has 0 aliphatic rings. The van der Waals surface area contributed by atoms with E-state index in [9.17, 15) is 52.7 Å². The van der Waals surface area contributed by atoms with Crippen molar-refractivity contribution in [3.05, 3.63) is 29.8 Å². The predicted molar refractivity (Wildman–Crippen MR) is 106 cm³/mol. The number of methoxy groups -OCH3 is 1.